The Bertz CT molecular complexity index is 503. The summed E-state index contributed by atoms with van der Waals surface area (Å²) in [6.07, 6.45) is 0.656. The second-order valence-corrected chi connectivity index (χ2v) is 7.43. The smallest absolute Gasteiger partial charge is 0.357 e. The molecule has 2 rings (SSSR count). The van der Waals surface area contributed by atoms with Crippen molar-refractivity contribution >= 4 is 35.4 Å². The van der Waals surface area contributed by atoms with Crippen LogP contribution in [-0.4, -0.2) is 50.5 Å². The Kier molecular flexibility index (Phi) is 5.03. The number of β-lactam (4-membered cyclic amide) rings is 1. The number of hydrogen-bond acceptors (Lipinski definition) is 7. The maximum atomic E-state index is 12.1. The van der Waals surface area contributed by atoms with Gasteiger partial charge in [-0.05, 0) is 13.8 Å². The van der Waals surface area contributed by atoms with Gasteiger partial charge < -0.3 is 14.9 Å². The lowest BCUT2D eigenvalue weighted by Crippen LogP contribution is -2.60. The van der Waals surface area contributed by atoms with Crippen molar-refractivity contribution in [3.05, 3.63) is 22.6 Å². The third-order valence-corrected chi connectivity index (χ3v) is 5.55. The minimum atomic E-state index is -0.785. The zero-order valence-electron chi connectivity index (χ0n) is 11.7. The average Bonchev–Trinajstić information content (AvgIpc) is 2.69. The third-order valence-electron chi connectivity index (χ3n) is 3.07. The monoisotopic (exact) mass is 331 g/mol. The maximum absolute atomic E-state index is 12.1. The number of ether oxygens (including phenoxy) is 1. The van der Waals surface area contributed by atoms with Gasteiger partial charge in [-0.15, -0.1) is 0 Å². The van der Waals surface area contributed by atoms with Crippen LogP contribution in [0.15, 0.2) is 22.6 Å². The number of aliphatic hydroxyl groups is 2. The van der Waals surface area contributed by atoms with Gasteiger partial charge in [-0.25, -0.2) is 4.79 Å². The Morgan fingerprint density at radius 2 is 2.24 bits per heavy atom. The first-order valence-corrected chi connectivity index (χ1v) is 8.19. The fourth-order valence-electron chi connectivity index (χ4n) is 2.18. The SMILES string of the molecule is C=CCOC(=O)C1=C(SC(C)O)S[C@@H]2C(C(C)O)C(=O)N12. The van der Waals surface area contributed by atoms with Crippen LogP contribution in [0.2, 0.25) is 0 Å². The number of carbonyl (C=O) groups is 2. The predicted octanol–water partition coefficient (Wildman–Crippen LogP) is 0.868. The lowest BCUT2D eigenvalue weighted by Gasteiger charge is -2.43. The van der Waals surface area contributed by atoms with Gasteiger partial charge in [0.15, 0.2) is 5.70 Å². The van der Waals surface area contributed by atoms with Crippen molar-refractivity contribution in [2.24, 2.45) is 5.92 Å². The Labute approximate surface area is 131 Å². The van der Waals surface area contributed by atoms with Crippen molar-refractivity contribution in [2.45, 2.75) is 30.8 Å². The number of nitrogens with zero attached hydrogens (tertiary/aromatic N) is 1. The molecule has 0 radical (unpaired) electrons. The van der Waals surface area contributed by atoms with Gasteiger partial charge in [0.25, 0.3) is 0 Å². The van der Waals surface area contributed by atoms with Crippen LogP contribution < -0.4 is 0 Å². The summed E-state index contributed by atoms with van der Waals surface area (Å²) in [5, 5.41) is 18.9. The second-order valence-electron chi connectivity index (χ2n) is 4.72. The van der Waals surface area contributed by atoms with Gasteiger partial charge in [-0.3, -0.25) is 9.69 Å². The molecule has 1 amide bonds. The molecule has 2 aliphatic rings. The first-order valence-electron chi connectivity index (χ1n) is 6.43. The normalized spacial score (nSPS) is 27.0. The molecule has 0 aromatic rings. The molecule has 0 bridgehead atoms. The van der Waals surface area contributed by atoms with Crippen molar-refractivity contribution < 1.29 is 24.5 Å². The topological polar surface area (TPSA) is 87.1 Å². The first kappa shape index (κ1) is 16.4. The lowest BCUT2D eigenvalue weighted by atomic mass is 9.92. The van der Waals surface area contributed by atoms with E-state index in [0.29, 0.717) is 4.24 Å². The van der Waals surface area contributed by atoms with Crippen molar-refractivity contribution in [1.29, 1.82) is 0 Å². The van der Waals surface area contributed by atoms with E-state index in [4.69, 9.17) is 4.74 Å². The molecular formula is C13H17NO5S2. The molecule has 6 nitrogen and oxygen atoms in total. The summed E-state index contributed by atoms with van der Waals surface area (Å²) >= 11 is 2.39. The van der Waals surface area contributed by atoms with E-state index in [0.717, 1.165) is 11.8 Å². The van der Waals surface area contributed by atoms with Gasteiger partial charge in [0.05, 0.1) is 16.3 Å². The van der Waals surface area contributed by atoms with Crippen molar-refractivity contribution in [1.82, 2.24) is 4.90 Å². The Morgan fingerprint density at radius 1 is 1.57 bits per heavy atom. The predicted molar refractivity (Wildman–Crippen MR) is 80.8 cm³/mol. The molecular weight excluding hydrogens is 314 g/mol. The largest absolute Gasteiger partial charge is 0.457 e. The van der Waals surface area contributed by atoms with E-state index in [9.17, 15) is 19.8 Å². The summed E-state index contributed by atoms with van der Waals surface area (Å²) in [6.45, 7) is 6.64. The van der Waals surface area contributed by atoms with Crippen LogP contribution in [0.3, 0.4) is 0 Å². The molecule has 4 atom stereocenters. The molecule has 116 valence electrons. The van der Waals surface area contributed by atoms with E-state index < -0.39 is 23.4 Å². The van der Waals surface area contributed by atoms with Crippen LogP contribution in [-0.2, 0) is 14.3 Å². The lowest BCUT2D eigenvalue weighted by molar-refractivity contribution is -0.157. The average molecular weight is 331 g/mol. The Balaban J connectivity index is 2.24. The quantitative estimate of drug-likeness (QED) is 0.323. The van der Waals surface area contributed by atoms with E-state index in [1.165, 1.54) is 22.7 Å². The fourth-order valence-corrected chi connectivity index (χ4v) is 5.04. The van der Waals surface area contributed by atoms with E-state index in [2.05, 4.69) is 6.58 Å². The fraction of sp³-hybridized carbons (Fsp3) is 0.538. The van der Waals surface area contributed by atoms with Gasteiger partial charge in [0.1, 0.15) is 17.4 Å². The third kappa shape index (κ3) is 2.98. The van der Waals surface area contributed by atoms with Gasteiger partial charge in [0.2, 0.25) is 5.91 Å². The molecule has 2 N–H and O–H groups in total. The number of fused-ring (bicyclic) bond motifs is 1. The molecule has 1 fully saturated rings. The zero-order chi connectivity index (χ0) is 15.7. The molecule has 0 saturated carbocycles. The highest BCUT2D eigenvalue weighted by Crippen LogP contribution is 2.54. The molecule has 8 heteroatoms. The number of rotatable bonds is 6. The molecule has 0 aliphatic carbocycles. The van der Waals surface area contributed by atoms with Gasteiger partial charge in [-0.1, -0.05) is 36.2 Å². The number of hydrogen-bond donors (Lipinski definition) is 2. The molecule has 2 aliphatic heterocycles. The Morgan fingerprint density at radius 3 is 2.76 bits per heavy atom. The summed E-state index contributed by atoms with van der Waals surface area (Å²) in [7, 11) is 0. The first-order chi connectivity index (χ1) is 9.88. The van der Waals surface area contributed by atoms with E-state index in [-0.39, 0.29) is 23.6 Å². The summed E-state index contributed by atoms with van der Waals surface area (Å²) in [5.41, 5.74) is -0.562. The van der Waals surface area contributed by atoms with Gasteiger partial charge >= 0.3 is 5.97 Å². The van der Waals surface area contributed by atoms with Crippen LogP contribution in [0.25, 0.3) is 0 Å². The Hall–Kier alpha value is -0.960. The molecule has 1 saturated heterocycles. The van der Waals surface area contributed by atoms with E-state index in [1.54, 1.807) is 13.8 Å². The highest BCUT2D eigenvalue weighted by molar-refractivity contribution is 8.23. The van der Waals surface area contributed by atoms with Crippen LogP contribution in [0.5, 0.6) is 0 Å². The molecule has 21 heavy (non-hydrogen) atoms. The van der Waals surface area contributed by atoms with Crippen molar-refractivity contribution in [3.63, 3.8) is 0 Å². The maximum Gasteiger partial charge on any atom is 0.357 e. The van der Waals surface area contributed by atoms with Crippen LogP contribution in [0, 0.1) is 5.92 Å². The van der Waals surface area contributed by atoms with Gasteiger partial charge in [-0.2, -0.15) is 0 Å². The second kappa shape index (κ2) is 6.43. The van der Waals surface area contributed by atoms with Crippen LogP contribution in [0.4, 0.5) is 0 Å². The minimum absolute atomic E-state index is 0.0478. The van der Waals surface area contributed by atoms with E-state index >= 15 is 0 Å². The molecule has 0 aromatic carbocycles. The summed E-state index contributed by atoms with van der Waals surface area (Å²) in [6, 6.07) is 0. The van der Waals surface area contributed by atoms with Crippen molar-refractivity contribution in [2.75, 3.05) is 6.61 Å². The summed E-state index contributed by atoms with van der Waals surface area (Å²) < 4.78 is 5.55. The summed E-state index contributed by atoms with van der Waals surface area (Å²) in [5.74, 6) is -1.45. The highest BCUT2D eigenvalue weighted by atomic mass is 32.2. The van der Waals surface area contributed by atoms with Gasteiger partial charge in [0, 0.05) is 0 Å². The summed E-state index contributed by atoms with van der Waals surface area (Å²) in [4.78, 5) is 25.6. The van der Waals surface area contributed by atoms with Crippen LogP contribution >= 0.6 is 23.5 Å². The molecule has 0 spiro atoms. The van der Waals surface area contributed by atoms with E-state index in [1.807, 2.05) is 0 Å². The molecule has 0 aromatic heterocycles. The zero-order valence-corrected chi connectivity index (χ0v) is 13.3. The minimum Gasteiger partial charge on any atom is -0.457 e. The van der Waals surface area contributed by atoms with Crippen LogP contribution in [0.1, 0.15) is 13.8 Å². The number of amides is 1. The standard InChI is InChI=1S/C13H17NO5S2/c1-4-5-19-12(18)9-13(20-7(3)16)21-11-8(6(2)15)10(17)14(9)11/h4,6-8,11,15-16H,1,5H2,2-3H3/t6?,7?,8?,11-/m1/s1. The van der Waals surface area contributed by atoms with Crippen molar-refractivity contribution in [3.8, 4) is 0 Å². The number of esters is 1. The molecule has 3 unspecified atom stereocenters. The number of thioether (sulfide) groups is 2. The number of carbonyl (C=O) groups excluding carboxylic acids is 2. The highest BCUT2D eigenvalue weighted by Gasteiger charge is 2.58. The molecule has 2 heterocycles. The number of aliphatic hydroxyl groups excluding tert-OH is 2.